The number of aromatic nitrogens is 2. The van der Waals surface area contributed by atoms with Crippen molar-refractivity contribution in [3.8, 4) is 0 Å². The highest BCUT2D eigenvalue weighted by atomic mass is 32.2. The monoisotopic (exact) mass is 253 g/mol. The van der Waals surface area contributed by atoms with Crippen LogP contribution in [0.15, 0.2) is 0 Å². The van der Waals surface area contributed by atoms with Crippen molar-refractivity contribution >= 4 is 23.5 Å². The Hall–Kier alpha value is -0.970. The van der Waals surface area contributed by atoms with Gasteiger partial charge >= 0.3 is 0 Å². The van der Waals surface area contributed by atoms with Gasteiger partial charge in [-0.3, -0.25) is 9.89 Å². The summed E-state index contributed by atoms with van der Waals surface area (Å²) in [5, 5.41) is 9.86. The fourth-order valence-electron chi connectivity index (χ4n) is 2.00. The number of hydrogen-bond donors (Lipinski definition) is 2. The lowest BCUT2D eigenvalue weighted by Gasteiger charge is -2.20. The van der Waals surface area contributed by atoms with Crippen LogP contribution in [0.1, 0.15) is 30.5 Å². The Morgan fingerprint density at radius 1 is 1.47 bits per heavy atom. The third kappa shape index (κ3) is 3.25. The maximum atomic E-state index is 11.9. The summed E-state index contributed by atoms with van der Waals surface area (Å²) in [7, 11) is 0. The molecule has 2 heterocycles. The number of nitrogens with one attached hydrogen (secondary N) is 2. The molecule has 0 saturated carbocycles. The molecule has 1 aromatic heterocycles. The number of aromatic amines is 1. The van der Waals surface area contributed by atoms with Crippen LogP contribution in [-0.4, -0.2) is 27.6 Å². The van der Waals surface area contributed by atoms with Gasteiger partial charge in [0.25, 0.3) is 0 Å². The summed E-state index contributed by atoms with van der Waals surface area (Å²) in [5.74, 6) is 3.71. The van der Waals surface area contributed by atoms with Crippen molar-refractivity contribution in [1.29, 1.82) is 0 Å². The average molecular weight is 253 g/mol. The van der Waals surface area contributed by atoms with E-state index in [0.29, 0.717) is 18.2 Å². The summed E-state index contributed by atoms with van der Waals surface area (Å²) in [6.45, 7) is 3.92. The van der Waals surface area contributed by atoms with E-state index in [9.17, 15) is 4.79 Å². The van der Waals surface area contributed by atoms with Gasteiger partial charge in [0.2, 0.25) is 5.91 Å². The highest BCUT2D eigenvalue weighted by Gasteiger charge is 2.18. The normalized spacial score (nSPS) is 17.1. The summed E-state index contributed by atoms with van der Waals surface area (Å²) in [6, 6.07) is 0. The number of H-pyrrole nitrogens is 1. The van der Waals surface area contributed by atoms with Gasteiger partial charge in [-0.05, 0) is 44.1 Å². The van der Waals surface area contributed by atoms with Crippen LogP contribution in [0.25, 0.3) is 0 Å². The van der Waals surface area contributed by atoms with E-state index in [1.807, 2.05) is 25.6 Å². The van der Waals surface area contributed by atoms with Gasteiger partial charge in [-0.15, -0.1) is 0 Å². The van der Waals surface area contributed by atoms with Crippen molar-refractivity contribution in [3.05, 3.63) is 11.3 Å². The molecule has 0 spiro atoms. The Kier molecular flexibility index (Phi) is 4.10. The molecular weight excluding hydrogens is 234 g/mol. The van der Waals surface area contributed by atoms with Gasteiger partial charge in [0.15, 0.2) is 5.82 Å². The second kappa shape index (κ2) is 5.58. The maximum Gasteiger partial charge on any atom is 0.225 e. The highest BCUT2D eigenvalue weighted by molar-refractivity contribution is 7.99. The Morgan fingerprint density at radius 3 is 2.76 bits per heavy atom. The molecule has 0 radical (unpaired) electrons. The van der Waals surface area contributed by atoms with Crippen LogP contribution in [0.2, 0.25) is 0 Å². The third-order valence-corrected chi connectivity index (χ3v) is 4.37. The summed E-state index contributed by atoms with van der Waals surface area (Å²) in [6.07, 6.45) is 2.96. The quantitative estimate of drug-likeness (QED) is 0.870. The lowest BCUT2D eigenvalue weighted by molar-refractivity contribution is -0.117. The smallest absolute Gasteiger partial charge is 0.225 e. The van der Waals surface area contributed by atoms with Crippen molar-refractivity contribution in [1.82, 2.24) is 10.2 Å². The fourth-order valence-corrected chi connectivity index (χ4v) is 3.21. The first-order valence-electron chi connectivity index (χ1n) is 6.06. The number of amides is 1. The number of thioether (sulfide) groups is 1. The van der Waals surface area contributed by atoms with E-state index < -0.39 is 0 Å². The van der Waals surface area contributed by atoms with E-state index in [2.05, 4.69) is 15.5 Å². The van der Waals surface area contributed by atoms with Gasteiger partial charge in [0.1, 0.15) is 0 Å². The topological polar surface area (TPSA) is 57.8 Å². The number of aryl methyl sites for hydroxylation is 1. The van der Waals surface area contributed by atoms with Crippen LogP contribution >= 0.6 is 11.8 Å². The predicted molar refractivity (Wildman–Crippen MR) is 71.4 cm³/mol. The summed E-state index contributed by atoms with van der Waals surface area (Å²) in [5.41, 5.74) is 2.03. The molecule has 1 fully saturated rings. The van der Waals surface area contributed by atoms with Gasteiger partial charge in [0, 0.05) is 17.7 Å². The molecule has 0 unspecified atom stereocenters. The van der Waals surface area contributed by atoms with Crippen molar-refractivity contribution in [3.63, 3.8) is 0 Å². The number of carbonyl (C=O) groups excluding carboxylic acids is 1. The number of nitrogens with zero attached hydrogens (tertiary/aromatic N) is 1. The summed E-state index contributed by atoms with van der Waals surface area (Å²) in [4.78, 5) is 11.9. The molecule has 0 aliphatic carbocycles. The molecule has 1 aliphatic heterocycles. The molecule has 1 amide bonds. The molecule has 1 saturated heterocycles. The zero-order valence-electron chi connectivity index (χ0n) is 10.4. The van der Waals surface area contributed by atoms with Crippen molar-refractivity contribution in [2.75, 3.05) is 16.8 Å². The molecule has 2 rings (SSSR count). The van der Waals surface area contributed by atoms with E-state index in [4.69, 9.17) is 0 Å². The zero-order chi connectivity index (χ0) is 12.3. The van der Waals surface area contributed by atoms with Crippen LogP contribution in [0.5, 0.6) is 0 Å². The molecule has 1 aliphatic rings. The van der Waals surface area contributed by atoms with Gasteiger partial charge < -0.3 is 5.32 Å². The van der Waals surface area contributed by atoms with Crippen LogP contribution in [0.4, 0.5) is 5.82 Å². The second-order valence-electron chi connectivity index (χ2n) is 4.63. The van der Waals surface area contributed by atoms with E-state index in [1.165, 1.54) is 11.5 Å². The Bertz CT molecular complexity index is 396. The molecule has 1 aromatic rings. The lowest BCUT2D eigenvalue weighted by Crippen LogP contribution is -2.20. The molecule has 0 bridgehead atoms. The first-order chi connectivity index (χ1) is 8.16. The van der Waals surface area contributed by atoms with Gasteiger partial charge in [-0.2, -0.15) is 16.9 Å². The summed E-state index contributed by atoms with van der Waals surface area (Å²) < 4.78 is 0. The number of carbonyl (C=O) groups is 1. The van der Waals surface area contributed by atoms with Gasteiger partial charge in [-0.25, -0.2) is 0 Å². The summed E-state index contributed by atoms with van der Waals surface area (Å²) >= 11 is 1.99. The molecule has 17 heavy (non-hydrogen) atoms. The predicted octanol–water partition coefficient (Wildman–Crippen LogP) is 2.50. The van der Waals surface area contributed by atoms with E-state index >= 15 is 0 Å². The number of anilines is 1. The highest BCUT2D eigenvalue weighted by Crippen LogP contribution is 2.25. The first-order valence-corrected chi connectivity index (χ1v) is 7.21. The SMILES string of the molecule is Cc1[nH]nc(NC(=O)CC2CCSCC2)c1C. The number of hydrogen-bond acceptors (Lipinski definition) is 3. The molecule has 0 atom stereocenters. The minimum absolute atomic E-state index is 0.0940. The average Bonchev–Trinajstić information content (AvgIpc) is 2.62. The number of rotatable bonds is 3. The fraction of sp³-hybridized carbons (Fsp3) is 0.667. The molecule has 4 nitrogen and oxygen atoms in total. The zero-order valence-corrected chi connectivity index (χ0v) is 11.2. The molecule has 0 aromatic carbocycles. The molecular formula is C12H19N3OS. The molecule has 5 heteroatoms. The van der Waals surface area contributed by atoms with E-state index in [1.54, 1.807) is 0 Å². The molecule has 94 valence electrons. The minimum atomic E-state index is 0.0940. The van der Waals surface area contributed by atoms with Gasteiger partial charge in [0.05, 0.1) is 0 Å². The van der Waals surface area contributed by atoms with E-state index in [-0.39, 0.29) is 5.91 Å². The maximum absolute atomic E-state index is 11.9. The van der Waals surface area contributed by atoms with Crippen LogP contribution < -0.4 is 5.32 Å². The largest absolute Gasteiger partial charge is 0.309 e. The van der Waals surface area contributed by atoms with Crippen LogP contribution in [-0.2, 0) is 4.79 Å². The minimum Gasteiger partial charge on any atom is -0.309 e. The van der Waals surface area contributed by atoms with Crippen molar-refractivity contribution in [2.45, 2.75) is 33.1 Å². The Balaban J connectivity index is 1.86. The van der Waals surface area contributed by atoms with Gasteiger partial charge in [-0.1, -0.05) is 0 Å². The molecule has 2 N–H and O–H groups in total. The second-order valence-corrected chi connectivity index (χ2v) is 5.86. The van der Waals surface area contributed by atoms with E-state index in [0.717, 1.165) is 24.1 Å². The van der Waals surface area contributed by atoms with Crippen molar-refractivity contribution < 1.29 is 4.79 Å². The van der Waals surface area contributed by atoms with Crippen LogP contribution in [0, 0.1) is 19.8 Å². The first kappa shape index (κ1) is 12.5. The van der Waals surface area contributed by atoms with Crippen LogP contribution in [0.3, 0.4) is 0 Å². The Morgan fingerprint density at radius 2 is 2.18 bits per heavy atom. The Labute approximate surface area is 106 Å². The lowest BCUT2D eigenvalue weighted by atomic mass is 9.98. The standard InChI is InChI=1S/C12H19N3OS/c1-8-9(2)14-15-12(8)13-11(16)7-10-3-5-17-6-4-10/h10H,3-7H2,1-2H3,(H2,13,14,15,16). The third-order valence-electron chi connectivity index (χ3n) is 3.33. The van der Waals surface area contributed by atoms with Crippen molar-refractivity contribution in [2.24, 2.45) is 5.92 Å².